The van der Waals surface area contributed by atoms with Crippen LogP contribution in [0.25, 0.3) is 0 Å². The van der Waals surface area contributed by atoms with E-state index < -0.39 is 0 Å². The lowest BCUT2D eigenvalue weighted by molar-refractivity contribution is 0.281. The zero-order valence-corrected chi connectivity index (χ0v) is 18.1. The molecule has 146 valence electrons. The van der Waals surface area contributed by atoms with E-state index in [1.807, 2.05) is 18.2 Å². The summed E-state index contributed by atoms with van der Waals surface area (Å²) in [6.45, 7) is 0.765. The van der Waals surface area contributed by atoms with Gasteiger partial charge >= 0.3 is 0 Å². The molecule has 0 aromatic heterocycles. The minimum atomic E-state index is 0.219. The number of phenolic OH excluding ortho intramolecular Hbond substituents is 1. The van der Waals surface area contributed by atoms with Gasteiger partial charge < -0.3 is 19.9 Å². The van der Waals surface area contributed by atoms with E-state index in [9.17, 15) is 5.11 Å². The molecule has 7 heteroatoms. The number of rotatable bonds is 7. The molecule has 0 aliphatic rings. The molecule has 2 N–H and O–H groups in total. The van der Waals surface area contributed by atoms with Crippen LogP contribution in [0.3, 0.4) is 0 Å². The van der Waals surface area contributed by atoms with Gasteiger partial charge in [0.25, 0.3) is 0 Å². The van der Waals surface area contributed by atoms with Crippen molar-refractivity contribution in [2.45, 2.75) is 13.2 Å². The summed E-state index contributed by atoms with van der Waals surface area (Å²) in [6.07, 6.45) is 0. The van der Waals surface area contributed by atoms with Crippen molar-refractivity contribution < 1.29 is 14.6 Å². The van der Waals surface area contributed by atoms with Crippen LogP contribution in [0.1, 0.15) is 11.1 Å². The lowest BCUT2D eigenvalue weighted by Crippen LogP contribution is -2.06. The molecule has 3 aromatic rings. The van der Waals surface area contributed by atoms with Crippen molar-refractivity contribution in [1.82, 2.24) is 0 Å². The van der Waals surface area contributed by atoms with Crippen LogP contribution in [-0.4, -0.2) is 12.2 Å². The second kappa shape index (κ2) is 9.41. The van der Waals surface area contributed by atoms with Crippen molar-refractivity contribution in [3.8, 4) is 17.2 Å². The average Bonchev–Trinajstić information content (AvgIpc) is 2.68. The van der Waals surface area contributed by atoms with Crippen LogP contribution in [0.5, 0.6) is 17.2 Å². The van der Waals surface area contributed by atoms with Crippen molar-refractivity contribution in [3.63, 3.8) is 0 Å². The molecule has 0 heterocycles. The Hall–Kier alpha value is -2.08. The molecule has 0 radical (unpaired) electrons. The van der Waals surface area contributed by atoms with E-state index in [0.29, 0.717) is 28.1 Å². The quantitative estimate of drug-likeness (QED) is 0.369. The first-order valence-electron chi connectivity index (χ1n) is 8.43. The van der Waals surface area contributed by atoms with Gasteiger partial charge in [0.15, 0.2) is 11.5 Å². The standard InChI is InChI=1S/C21H18BrCl2NO3/c1-27-20-9-8-18(22)17(11-25-15-4-6-16(26)7-5-15)21(20)28-12-13-2-3-14(23)10-19(13)24/h2-10,25-26H,11-12H2,1H3. The summed E-state index contributed by atoms with van der Waals surface area (Å²) in [5.41, 5.74) is 2.60. The van der Waals surface area contributed by atoms with Crippen LogP contribution in [0.15, 0.2) is 59.1 Å². The summed E-state index contributed by atoms with van der Waals surface area (Å²) in [5, 5.41) is 13.9. The van der Waals surface area contributed by atoms with Crippen LogP contribution in [-0.2, 0) is 13.2 Å². The van der Waals surface area contributed by atoms with Crippen molar-refractivity contribution >= 4 is 44.8 Å². The van der Waals surface area contributed by atoms with E-state index in [0.717, 1.165) is 21.3 Å². The van der Waals surface area contributed by atoms with Gasteiger partial charge in [-0.25, -0.2) is 0 Å². The molecule has 0 fully saturated rings. The number of hydrogen-bond donors (Lipinski definition) is 2. The normalized spacial score (nSPS) is 10.6. The van der Waals surface area contributed by atoms with Crippen molar-refractivity contribution in [3.05, 3.63) is 80.2 Å². The lowest BCUT2D eigenvalue weighted by atomic mass is 10.1. The third-order valence-corrected chi connectivity index (χ3v) is 5.44. The molecule has 0 aliphatic heterocycles. The Morgan fingerprint density at radius 2 is 1.79 bits per heavy atom. The fraction of sp³-hybridized carbons (Fsp3) is 0.143. The Morgan fingerprint density at radius 3 is 2.46 bits per heavy atom. The number of halogens is 3. The van der Waals surface area contributed by atoms with Gasteiger partial charge in [-0.05, 0) is 48.5 Å². The van der Waals surface area contributed by atoms with Gasteiger partial charge in [-0.3, -0.25) is 0 Å². The third-order valence-electron chi connectivity index (χ3n) is 4.11. The number of nitrogens with one attached hydrogen (secondary N) is 1. The van der Waals surface area contributed by atoms with Crippen LogP contribution in [0, 0.1) is 0 Å². The van der Waals surface area contributed by atoms with E-state index >= 15 is 0 Å². The molecule has 0 unspecified atom stereocenters. The summed E-state index contributed by atoms with van der Waals surface area (Å²) >= 11 is 15.8. The van der Waals surface area contributed by atoms with Gasteiger partial charge in [-0.2, -0.15) is 0 Å². The third kappa shape index (κ3) is 5.04. The summed E-state index contributed by atoms with van der Waals surface area (Å²) < 4.78 is 12.5. The highest BCUT2D eigenvalue weighted by Crippen LogP contribution is 2.37. The van der Waals surface area contributed by atoms with Crippen molar-refractivity contribution in [2.24, 2.45) is 0 Å². The number of ether oxygens (including phenoxy) is 2. The summed E-state index contributed by atoms with van der Waals surface area (Å²) in [4.78, 5) is 0. The summed E-state index contributed by atoms with van der Waals surface area (Å²) in [6, 6.07) is 15.9. The number of aromatic hydroxyl groups is 1. The minimum Gasteiger partial charge on any atom is -0.508 e. The molecule has 0 aliphatic carbocycles. The molecule has 0 saturated heterocycles. The maximum atomic E-state index is 9.43. The molecule has 4 nitrogen and oxygen atoms in total. The van der Waals surface area contributed by atoms with Gasteiger partial charge in [0.1, 0.15) is 12.4 Å². The maximum absolute atomic E-state index is 9.43. The van der Waals surface area contributed by atoms with E-state index in [1.54, 1.807) is 43.5 Å². The van der Waals surface area contributed by atoms with Crippen molar-refractivity contribution in [2.75, 3.05) is 12.4 Å². The largest absolute Gasteiger partial charge is 0.508 e. The molecule has 3 aromatic carbocycles. The van der Waals surface area contributed by atoms with Gasteiger partial charge in [0.05, 0.1) is 7.11 Å². The molecular weight excluding hydrogens is 465 g/mol. The maximum Gasteiger partial charge on any atom is 0.167 e. The molecule has 0 saturated carbocycles. The van der Waals surface area contributed by atoms with E-state index in [-0.39, 0.29) is 12.4 Å². The Kier molecular flexibility index (Phi) is 6.94. The van der Waals surface area contributed by atoms with Crippen LogP contribution >= 0.6 is 39.1 Å². The zero-order chi connectivity index (χ0) is 20.1. The zero-order valence-electron chi connectivity index (χ0n) is 15.0. The topological polar surface area (TPSA) is 50.7 Å². The monoisotopic (exact) mass is 481 g/mol. The fourth-order valence-corrected chi connectivity index (χ4v) is 3.54. The van der Waals surface area contributed by atoms with Gasteiger partial charge in [-0.1, -0.05) is 45.2 Å². The van der Waals surface area contributed by atoms with Crippen LogP contribution in [0.2, 0.25) is 10.0 Å². The highest BCUT2D eigenvalue weighted by Gasteiger charge is 2.15. The lowest BCUT2D eigenvalue weighted by Gasteiger charge is -2.18. The van der Waals surface area contributed by atoms with Crippen LogP contribution < -0.4 is 14.8 Å². The smallest absolute Gasteiger partial charge is 0.167 e. The van der Waals surface area contributed by atoms with E-state index in [4.69, 9.17) is 32.7 Å². The Morgan fingerprint density at radius 1 is 1.04 bits per heavy atom. The van der Waals surface area contributed by atoms with Gasteiger partial charge in [0.2, 0.25) is 0 Å². The van der Waals surface area contributed by atoms with Crippen molar-refractivity contribution in [1.29, 1.82) is 0 Å². The Balaban J connectivity index is 1.83. The van der Waals surface area contributed by atoms with Gasteiger partial charge in [-0.15, -0.1) is 0 Å². The highest BCUT2D eigenvalue weighted by molar-refractivity contribution is 9.10. The van der Waals surface area contributed by atoms with E-state index in [1.165, 1.54) is 0 Å². The molecule has 0 amide bonds. The molecule has 3 rings (SSSR count). The summed E-state index contributed by atoms with van der Waals surface area (Å²) in [7, 11) is 1.60. The average molecular weight is 483 g/mol. The Bertz CT molecular complexity index is 965. The number of phenols is 1. The number of hydrogen-bond acceptors (Lipinski definition) is 4. The second-order valence-corrected chi connectivity index (χ2v) is 7.68. The van der Waals surface area contributed by atoms with E-state index in [2.05, 4.69) is 21.2 Å². The second-order valence-electron chi connectivity index (χ2n) is 5.98. The Labute approximate surface area is 182 Å². The first-order valence-corrected chi connectivity index (χ1v) is 9.98. The number of methoxy groups -OCH3 is 1. The predicted molar refractivity (Wildman–Crippen MR) is 117 cm³/mol. The number of anilines is 1. The first kappa shape index (κ1) is 20.6. The molecule has 0 bridgehead atoms. The minimum absolute atomic E-state index is 0.219. The highest BCUT2D eigenvalue weighted by atomic mass is 79.9. The first-order chi connectivity index (χ1) is 13.5. The predicted octanol–water partition coefficient (Wildman–Crippen LogP) is 6.66. The van der Waals surface area contributed by atoms with Crippen LogP contribution in [0.4, 0.5) is 5.69 Å². The molecular formula is C21H18BrCl2NO3. The molecule has 0 atom stereocenters. The number of benzene rings is 3. The fourth-order valence-electron chi connectivity index (χ4n) is 2.62. The molecule has 28 heavy (non-hydrogen) atoms. The van der Waals surface area contributed by atoms with Gasteiger partial charge in [0, 0.05) is 37.9 Å². The SMILES string of the molecule is COc1ccc(Br)c(CNc2ccc(O)cc2)c1OCc1ccc(Cl)cc1Cl. The molecule has 0 spiro atoms. The summed E-state index contributed by atoms with van der Waals surface area (Å²) in [5.74, 6) is 1.46.